The summed E-state index contributed by atoms with van der Waals surface area (Å²) in [6, 6.07) is 15.3. The van der Waals surface area contributed by atoms with E-state index in [0.717, 1.165) is 12.0 Å². The van der Waals surface area contributed by atoms with Gasteiger partial charge in [-0.25, -0.2) is 5.43 Å². The topological polar surface area (TPSA) is 61.7 Å². The Labute approximate surface area is 148 Å². The zero-order valence-corrected chi connectivity index (χ0v) is 14.9. The molecule has 4 heteroatoms. The van der Waals surface area contributed by atoms with Crippen LogP contribution in [0.5, 0.6) is 5.75 Å². The minimum absolute atomic E-state index is 0.0122. The van der Waals surface area contributed by atoms with Gasteiger partial charge in [0.2, 0.25) is 5.91 Å². The van der Waals surface area contributed by atoms with Crippen molar-refractivity contribution < 1.29 is 9.90 Å². The molecule has 2 atom stereocenters. The molecule has 0 bridgehead atoms. The highest BCUT2D eigenvalue weighted by Gasteiger charge is 2.43. The number of carbonyl (C=O) groups is 1. The Morgan fingerprint density at radius 1 is 1.20 bits per heavy atom. The summed E-state index contributed by atoms with van der Waals surface area (Å²) in [6.45, 7) is 6.58. The van der Waals surface area contributed by atoms with Crippen LogP contribution in [-0.2, 0) is 10.2 Å². The lowest BCUT2D eigenvalue weighted by atomic mass is 9.86. The minimum Gasteiger partial charge on any atom is -0.508 e. The van der Waals surface area contributed by atoms with Crippen LogP contribution < -0.4 is 5.43 Å². The van der Waals surface area contributed by atoms with Crippen molar-refractivity contribution in [3.05, 3.63) is 65.2 Å². The molecule has 0 spiro atoms. The van der Waals surface area contributed by atoms with Crippen molar-refractivity contribution in [2.24, 2.45) is 11.0 Å². The Hall–Kier alpha value is -2.62. The molecule has 1 fully saturated rings. The molecule has 0 unspecified atom stereocenters. The lowest BCUT2D eigenvalue weighted by Gasteiger charge is -2.19. The molecule has 3 rings (SSSR count). The van der Waals surface area contributed by atoms with Gasteiger partial charge in [0.15, 0.2) is 0 Å². The number of nitrogens with one attached hydrogen (secondary N) is 1. The molecular formula is C21H24N2O2. The first-order chi connectivity index (χ1) is 11.8. The number of hydrogen-bond donors (Lipinski definition) is 2. The van der Waals surface area contributed by atoms with Gasteiger partial charge in [-0.15, -0.1) is 0 Å². The first kappa shape index (κ1) is 17.2. The molecule has 130 valence electrons. The van der Waals surface area contributed by atoms with E-state index in [2.05, 4.69) is 55.6 Å². The fraction of sp³-hybridized carbons (Fsp3) is 0.333. The van der Waals surface area contributed by atoms with Crippen LogP contribution >= 0.6 is 0 Å². The first-order valence-electron chi connectivity index (χ1n) is 8.57. The number of nitrogens with zero attached hydrogens (tertiary/aromatic N) is 1. The van der Waals surface area contributed by atoms with E-state index in [1.807, 2.05) is 6.07 Å². The van der Waals surface area contributed by atoms with Gasteiger partial charge < -0.3 is 5.11 Å². The van der Waals surface area contributed by atoms with E-state index in [4.69, 9.17) is 0 Å². The van der Waals surface area contributed by atoms with Crippen LogP contribution in [-0.4, -0.2) is 17.2 Å². The van der Waals surface area contributed by atoms with Gasteiger partial charge in [-0.1, -0.05) is 57.2 Å². The average molecular weight is 336 g/mol. The number of hydrogen-bond acceptors (Lipinski definition) is 3. The number of rotatable bonds is 4. The van der Waals surface area contributed by atoms with E-state index in [-0.39, 0.29) is 28.9 Å². The van der Waals surface area contributed by atoms with E-state index in [0.29, 0.717) is 0 Å². The van der Waals surface area contributed by atoms with Gasteiger partial charge in [0.25, 0.3) is 0 Å². The number of phenols is 1. The number of aromatic hydroxyl groups is 1. The van der Waals surface area contributed by atoms with E-state index >= 15 is 0 Å². The fourth-order valence-electron chi connectivity index (χ4n) is 2.94. The molecule has 1 amide bonds. The Morgan fingerprint density at radius 2 is 1.92 bits per heavy atom. The number of hydrazone groups is 1. The van der Waals surface area contributed by atoms with Crippen LogP contribution in [0.1, 0.15) is 49.8 Å². The summed E-state index contributed by atoms with van der Waals surface area (Å²) in [5.74, 6) is 0.393. The van der Waals surface area contributed by atoms with Gasteiger partial charge in [-0.2, -0.15) is 5.10 Å². The third kappa shape index (κ3) is 4.27. The molecule has 1 aliphatic rings. The van der Waals surface area contributed by atoms with Crippen molar-refractivity contribution >= 4 is 12.1 Å². The van der Waals surface area contributed by atoms with E-state index in [9.17, 15) is 9.90 Å². The number of phenolic OH excluding ortho intramolecular Hbond substituents is 1. The van der Waals surface area contributed by atoms with Crippen LogP contribution in [0.2, 0.25) is 0 Å². The van der Waals surface area contributed by atoms with Crippen molar-refractivity contribution in [1.82, 2.24) is 5.43 Å². The van der Waals surface area contributed by atoms with Crippen LogP contribution in [0.25, 0.3) is 0 Å². The molecule has 2 aromatic carbocycles. The van der Waals surface area contributed by atoms with Gasteiger partial charge in [0, 0.05) is 5.92 Å². The molecule has 0 radical (unpaired) electrons. The zero-order valence-electron chi connectivity index (χ0n) is 14.9. The van der Waals surface area contributed by atoms with Crippen molar-refractivity contribution in [2.75, 3.05) is 0 Å². The second kappa shape index (κ2) is 6.71. The van der Waals surface area contributed by atoms with E-state index < -0.39 is 0 Å². The molecule has 0 saturated heterocycles. The highest BCUT2D eigenvalue weighted by Crippen LogP contribution is 2.47. The molecule has 25 heavy (non-hydrogen) atoms. The quantitative estimate of drug-likeness (QED) is 0.656. The van der Waals surface area contributed by atoms with Gasteiger partial charge in [0.1, 0.15) is 5.75 Å². The summed E-state index contributed by atoms with van der Waals surface area (Å²) in [5, 5.41) is 13.4. The monoisotopic (exact) mass is 336 g/mol. The average Bonchev–Trinajstić information content (AvgIpc) is 3.35. The standard InChI is InChI=1S/C21H24N2O2/c1-21(2,3)16-9-7-15(8-10-16)18-12-19(18)20(25)23-22-13-14-5-4-6-17(24)11-14/h4-11,13,18-19,24H,12H2,1-3H3,(H,23,25)/t18-,19-/m1/s1. The molecule has 1 aliphatic carbocycles. The lowest BCUT2D eigenvalue weighted by Crippen LogP contribution is -2.20. The maximum Gasteiger partial charge on any atom is 0.243 e. The predicted molar refractivity (Wildman–Crippen MR) is 99.8 cm³/mol. The smallest absolute Gasteiger partial charge is 0.243 e. The van der Waals surface area contributed by atoms with Gasteiger partial charge >= 0.3 is 0 Å². The molecule has 0 aliphatic heterocycles. The van der Waals surface area contributed by atoms with Crippen LogP contribution in [0, 0.1) is 5.92 Å². The Kier molecular flexibility index (Phi) is 4.62. The SMILES string of the molecule is CC(C)(C)c1ccc([C@H]2C[C@H]2C(=O)NN=Cc2cccc(O)c2)cc1. The maximum atomic E-state index is 12.2. The van der Waals surface area contributed by atoms with E-state index in [1.54, 1.807) is 18.2 Å². The van der Waals surface area contributed by atoms with Gasteiger partial charge in [0.05, 0.1) is 6.21 Å². The summed E-state index contributed by atoms with van der Waals surface area (Å²) in [7, 11) is 0. The Morgan fingerprint density at radius 3 is 2.56 bits per heavy atom. The predicted octanol–water partition coefficient (Wildman–Crippen LogP) is 3.94. The molecule has 0 heterocycles. The van der Waals surface area contributed by atoms with Gasteiger partial charge in [-0.05, 0) is 46.6 Å². The summed E-state index contributed by atoms with van der Waals surface area (Å²) in [5.41, 5.74) is 5.99. The maximum absolute atomic E-state index is 12.2. The van der Waals surface area contributed by atoms with Crippen molar-refractivity contribution in [1.29, 1.82) is 0 Å². The summed E-state index contributed by atoms with van der Waals surface area (Å²) in [6.07, 6.45) is 2.40. The van der Waals surface area contributed by atoms with Crippen molar-refractivity contribution in [2.45, 2.75) is 38.5 Å². The Bertz CT molecular complexity index is 788. The van der Waals surface area contributed by atoms with Crippen LogP contribution in [0.4, 0.5) is 0 Å². The summed E-state index contributed by atoms with van der Waals surface area (Å²) < 4.78 is 0. The number of carbonyl (C=O) groups excluding carboxylic acids is 1. The normalized spacial score (nSPS) is 19.8. The van der Waals surface area contributed by atoms with Crippen molar-refractivity contribution in [3.8, 4) is 5.75 Å². The molecule has 2 aromatic rings. The molecule has 0 aromatic heterocycles. The summed E-state index contributed by atoms with van der Waals surface area (Å²) >= 11 is 0. The fourth-order valence-corrected chi connectivity index (χ4v) is 2.94. The second-order valence-electron chi connectivity index (χ2n) is 7.65. The Balaban J connectivity index is 1.55. The second-order valence-corrected chi connectivity index (χ2v) is 7.65. The van der Waals surface area contributed by atoms with Crippen molar-refractivity contribution in [3.63, 3.8) is 0 Å². The van der Waals surface area contributed by atoms with E-state index in [1.165, 1.54) is 17.3 Å². The third-order valence-electron chi connectivity index (χ3n) is 4.59. The van der Waals surface area contributed by atoms with Gasteiger partial charge in [-0.3, -0.25) is 4.79 Å². The molecular weight excluding hydrogens is 312 g/mol. The third-order valence-corrected chi connectivity index (χ3v) is 4.59. The first-order valence-corrected chi connectivity index (χ1v) is 8.57. The number of amides is 1. The number of benzene rings is 2. The summed E-state index contributed by atoms with van der Waals surface area (Å²) in [4.78, 5) is 12.2. The molecule has 2 N–H and O–H groups in total. The largest absolute Gasteiger partial charge is 0.508 e. The molecule has 1 saturated carbocycles. The van der Waals surface area contributed by atoms with Crippen LogP contribution in [0.15, 0.2) is 53.6 Å². The highest BCUT2D eigenvalue weighted by molar-refractivity contribution is 5.85. The minimum atomic E-state index is -0.0544. The van der Waals surface area contributed by atoms with Crippen LogP contribution in [0.3, 0.4) is 0 Å². The zero-order chi connectivity index (χ0) is 18.0. The highest BCUT2D eigenvalue weighted by atomic mass is 16.3. The lowest BCUT2D eigenvalue weighted by molar-refractivity contribution is -0.122. The molecule has 4 nitrogen and oxygen atoms in total.